The van der Waals surface area contributed by atoms with Crippen molar-refractivity contribution in [2.45, 2.75) is 39.2 Å². The lowest BCUT2D eigenvalue weighted by atomic mass is 9.94. The molecule has 1 fully saturated rings. The summed E-state index contributed by atoms with van der Waals surface area (Å²) >= 11 is 0. The van der Waals surface area contributed by atoms with Gasteiger partial charge in [-0.1, -0.05) is 42.5 Å². The Morgan fingerprint density at radius 2 is 1.88 bits per heavy atom. The van der Waals surface area contributed by atoms with Crippen molar-refractivity contribution in [2.75, 3.05) is 24.5 Å². The zero-order chi connectivity index (χ0) is 23.4. The fraction of sp³-hybridized carbons (Fsp3) is 0.346. The second kappa shape index (κ2) is 9.90. The van der Waals surface area contributed by atoms with Gasteiger partial charge < -0.3 is 15.2 Å². The van der Waals surface area contributed by atoms with Crippen molar-refractivity contribution in [1.82, 2.24) is 14.9 Å². The van der Waals surface area contributed by atoms with Crippen molar-refractivity contribution in [3.8, 4) is 0 Å². The minimum Gasteiger partial charge on any atom is -0.353 e. The number of rotatable bonds is 6. The van der Waals surface area contributed by atoms with E-state index in [-0.39, 0.29) is 11.8 Å². The molecular formula is C26H30N6O. The summed E-state index contributed by atoms with van der Waals surface area (Å²) in [5, 5.41) is 17.6. The van der Waals surface area contributed by atoms with Crippen LogP contribution in [0.1, 0.15) is 54.7 Å². The maximum Gasteiger partial charge on any atom is 0.179 e. The van der Waals surface area contributed by atoms with Crippen LogP contribution in [-0.4, -0.2) is 57.9 Å². The van der Waals surface area contributed by atoms with E-state index in [0.29, 0.717) is 43.3 Å². The number of piperazine rings is 1. The van der Waals surface area contributed by atoms with Crippen LogP contribution in [0.25, 0.3) is 0 Å². The van der Waals surface area contributed by atoms with Gasteiger partial charge in [-0.2, -0.15) is 0 Å². The van der Waals surface area contributed by atoms with Gasteiger partial charge in [-0.05, 0) is 25.3 Å². The van der Waals surface area contributed by atoms with Gasteiger partial charge in [-0.3, -0.25) is 10.2 Å². The highest BCUT2D eigenvalue weighted by atomic mass is 16.1. The number of carbonyl (C=O) groups excluding carboxylic acids is 1. The first-order valence-corrected chi connectivity index (χ1v) is 11.4. The van der Waals surface area contributed by atoms with Crippen LogP contribution in [0, 0.1) is 10.8 Å². The van der Waals surface area contributed by atoms with Crippen molar-refractivity contribution >= 4 is 23.1 Å². The number of ketones is 1. The molecule has 0 spiro atoms. The Morgan fingerprint density at radius 3 is 2.52 bits per heavy atom. The normalized spacial score (nSPS) is 18.1. The third-order valence-corrected chi connectivity index (χ3v) is 6.20. The molecule has 2 aliphatic rings. The van der Waals surface area contributed by atoms with E-state index in [1.54, 1.807) is 6.20 Å². The fourth-order valence-electron chi connectivity index (χ4n) is 4.37. The predicted octanol–water partition coefficient (Wildman–Crippen LogP) is 4.25. The molecule has 2 N–H and O–H groups in total. The van der Waals surface area contributed by atoms with Crippen molar-refractivity contribution in [3.63, 3.8) is 0 Å². The van der Waals surface area contributed by atoms with Gasteiger partial charge in [-0.25, -0.2) is 9.97 Å². The third kappa shape index (κ3) is 5.08. The Morgan fingerprint density at radius 1 is 1.09 bits per heavy atom. The number of amidine groups is 1. The summed E-state index contributed by atoms with van der Waals surface area (Å²) in [6.45, 7) is 5.64. The molecule has 1 unspecified atom stereocenters. The number of hydrogen-bond donors (Lipinski definition) is 2. The van der Waals surface area contributed by atoms with Crippen LogP contribution in [0.2, 0.25) is 0 Å². The number of nitrogens with zero attached hydrogens (tertiary/aromatic N) is 4. The van der Waals surface area contributed by atoms with Crippen LogP contribution in [0.5, 0.6) is 0 Å². The van der Waals surface area contributed by atoms with Crippen molar-refractivity contribution < 1.29 is 4.79 Å². The van der Waals surface area contributed by atoms with Gasteiger partial charge in [0.1, 0.15) is 17.3 Å². The van der Waals surface area contributed by atoms with E-state index >= 15 is 0 Å². The zero-order valence-electron chi connectivity index (χ0n) is 19.2. The Bertz CT molecular complexity index is 1120. The summed E-state index contributed by atoms with van der Waals surface area (Å²) in [7, 11) is 0. The highest BCUT2D eigenvalue weighted by Crippen LogP contribution is 2.22. The van der Waals surface area contributed by atoms with Gasteiger partial charge >= 0.3 is 0 Å². The lowest BCUT2D eigenvalue weighted by Crippen LogP contribution is -2.54. The average molecular weight is 443 g/mol. The highest BCUT2D eigenvalue weighted by Gasteiger charge is 2.28. The van der Waals surface area contributed by atoms with Crippen molar-refractivity contribution in [2.24, 2.45) is 0 Å². The molecule has 170 valence electrons. The molecule has 0 bridgehead atoms. The molecule has 0 radical (unpaired) electrons. The summed E-state index contributed by atoms with van der Waals surface area (Å²) in [6.07, 6.45) is 12.3. The molecule has 1 aromatic heterocycles. The van der Waals surface area contributed by atoms with Crippen LogP contribution in [0.15, 0.2) is 60.5 Å². The number of hydrogen-bond acceptors (Lipinski definition) is 6. The van der Waals surface area contributed by atoms with Crippen LogP contribution in [-0.2, 0) is 0 Å². The molecule has 1 aliphatic carbocycles. The van der Waals surface area contributed by atoms with E-state index in [9.17, 15) is 4.79 Å². The quantitative estimate of drug-likeness (QED) is 0.396. The van der Waals surface area contributed by atoms with E-state index in [0.717, 1.165) is 29.8 Å². The van der Waals surface area contributed by atoms with E-state index in [1.165, 1.54) is 18.7 Å². The Kier molecular flexibility index (Phi) is 6.77. The number of allylic oxidation sites excluding steroid dienone is 4. The smallest absolute Gasteiger partial charge is 0.179 e. The minimum atomic E-state index is -0.0969. The first-order chi connectivity index (χ1) is 15.9. The summed E-state index contributed by atoms with van der Waals surface area (Å²) in [5.41, 5.74) is 3.70. The van der Waals surface area contributed by atoms with Crippen LogP contribution < -0.4 is 4.90 Å². The molecule has 2 heterocycles. The maximum absolute atomic E-state index is 11.5. The first-order valence-electron chi connectivity index (χ1n) is 11.4. The molecule has 0 amide bonds. The first kappa shape index (κ1) is 22.6. The van der Waals surface area contributed by atoms with Gasteiger partial charge in [0, 0.05) is 55.9 Å². The second-order valence-electron chi connectivity index (χ2n) is 8.61. The molecule has 33 heavy (non-hydrogen) atoms. The fourth-order valence-corrected chi connectivity index (χ4v) is 4.37. The second-order valence-corrected chi connectivity index (χ2v) is 8.61. The summed E-state index contributed by atoms with van der Waals surface area (Å²) in [4.78, 5) is 24.4. The Balaban J connectivity index is 1.46. The third-order valence-electron chi connectivity index (χ3n) is 6.20. The minimum absolute atomic E-state index is 0.0969. The number of Topliss-reactive ketones (excluding diaryl/α,β-unsaturated/α-hetero) is 1. The van der Waals surface area contributed by atoms with Crippen molar-refractivity contribution in [1.29, 1.82) is 10.8 Å². The van der Waals surface area contributed by atoms with E-state index in [2.05, 4.69) is 44.9 Å². The monoisotopic (exact) mass is 442 g/mol. The zero-order valence-corrected chi connectivity index (χ0v) is 19.2. The molecule has 0 saturated carbocycles. The molecule has 2 aromatic rings. The van der Waals surface area contributed by atoms with Gasteiger partial charge in [0.2, 0.25) is 0 Å². The standard InChI is InChI=1S/C26H30N6O/c1-18-17-31(12-13-32(18)25-16-29-24(15-30-25)19(2)33)26(28)22-11-7-6-10-21(22)23(27)14-20-8-4-3-5-9-20/h4,6-11,15-16,18,27-28H,3,5,12-14,17H2,1-2H3. The molecule has 4 rings (SSSR count). The van der Waals surface area contributed by atoms with Crippen LogP contribution in [0.4, 0.5) is 5.82 Å². The molecule has 1 saturated heterocycles. The Hall–Kier alpha value is -3.61. The summed E-state index contributed by atoms with van der Waals surface area (Å²) < 4.78 is 0. The van der Waals surface area contributed by atoms with Crippen LogP contribution >= 0.6 is 0 Å². The van der Waals surface area contributed by atoms with Gasteiger partial charge in [0.25, 0.3) is 0 Å². The molecular weight excluding hydrogens is 412 g/mol. The van der Waals surface area contributed by atoms with Crippen LogP contribution in [0.3, 0.4) is 0 Å². The SMILES string of the molecule is CC(=O)c1cnc(N2CCN(C(=N)c3ccccc3C(=N)CC3=CCCC=C3)CC2C)cn1. The topological polar surface area (TPSA) is 97.0 Å². The molecule has 1 aromatic carbocycles. The van der Waals surface area contributed by atoms with Gasteiger partial charge in [0.05, 0.1) is 12.4 Å². The Labute approximate surface area is 194 Å². The van der Waals surface area contributed by atoms with Crippen molar-refractivity contribution in [3.05, 3.63) is 77.3 Å². The number of anilines is 1. The summed E-state index contributed by atoms with van der Waals surface area (Å²) in [6, 6.07) is 7.90. The molecule has 1 aliphatic heterocycles. The molecule has 7 nitrogen and oxygen atoms in total. The molecule has 1 atom stereocenters. The number of benzene rings is 1. The predicted molar refractivity (Wildman–Crippen MR) is 132 cm³/mol. The van der Waals surface area contributed by atoms with E-state index in [4.69, 9.17) is 10.8 Å². The molecule has 7 heteroatoms. The summed E-state index contributed by atoms with van der Waals surface area (Å²) in [5.74, 6) is 1.10. The lowest BCUT2D eigenvalue weighted by Gasteiger charge is -2.41. The highest BCUT2D eigenvalue weighted by molar-refractivity contribution is 6.10. The van der Waals surface area contributed by atoms with E-state index < -0.39 is 0 Å². The van der Waals surface area contributed by atoms with Gasteiger partial charge in [-0.15, -0.1) is 0 Å². The average Bonchev–Trinajstić information content (AvgIpc) is 2.84. The maximum atomic E-state index is 11.5. The number of carbonyl (C=O) groups is 1. The lowest BCUT2D eigenvalue weighted by molar-refractivity contribution is 0.101. The van der Waals surface area contributed by atoms with Gasteiger partial charge in [0.15, 0.2) is 5.78 Å². The largest absolute Gasteiger partial charge is 0.353 e. The van der Waals surface area contributed by atoms with E-state index in [1.807, 2.05) is 24.3 Å². The number of nitrogens with one attached hydrogen (secondary N) is 2. The number of aromatic nitrogens is 2.